The van der Waals surface area contributed by atoms with E-state index >= 15 is 0 Å². The molecule has 0 bridgehead atoms. The molecule has 0 spiro atoms. The first-order valence-corrected chi connectivity index (χ1v) is 7.32. The molecule has 7 nitrogen and oxygen atoms in total. The predicted octanol–water partition coefficient (Wildman–Crippen LogP) is 2.96. The Hall–Kier alpha value is -2.67. The highest BCUT2D eigenvalue weighted by Gasteiger charge is 2.16. The smallest absolute Gasteiger partial charge is 0.339 e. The van der Waals surface area contributed by atoms with Gasteiger partial charge in [-0.2, -0.15) is 5.10 Å². The molecule has 118 valence electrons. The molecule has 0 unspecified atom stereocenters. The molecule has 3 rings (SSSR count). The molecule has 2 N–H and O–H groups in total. The molecule has 0 aliphatic heterocycles. The van der Waals surface area contributed by atoms with Crippen LogP contribution in [0.15, 0.2) is 30.9 Å². The van der Waals surface area contributed by atoms with Crippen LogP contribution >= 0.6 is 11.6 Å². The molecule has 3 aromatic rings. The van der Waals surface area contributed by atoms with Gasteiger partial charge in [0.2, 0.25) is 0 Å². The van der Waals surface area contributed by atoms with E-state index in [-0.39, 0.29) is 11.6 Å². The molecule has 0 fully saturated rings. The van der Waals surface area contributed by atoms with Crippen LogP contribution in [-0.4, -0.2) is 36.7 Å². The van der Waals surface area contributed by atoms with Crippen LogP contribution in [0.4, 0.5) is 5.69 Å². The molecule has 3 aromatic heterocycles. The number of fused-ring (bicyclic) bond motifs is 1. The number of hydrogen-bond acceptors (Lipinski definition) is 5. The van der Waals surface area contributed by atoms with Gasteiger partial charge in [0.1, 0.15) is 5.56 Å². The fourth-order valence-corrected chi connectivity index (χ4v) is 2.38. The summed E-state index contributed by atoms with van der Waals surface area (Å²) in [5, 5.41) is 17.1. The number of carbonyl (C=O) groups is 1. The fourth-order valence-electron chi connectivity index (χ4n) is 2.24. The Balaban J connectivity index is 2.13. The number of halogens is 1. The zero-order valence-electron chi connectivity index (χ0n) is 12.5. The minimum atomic E-state index is -1.03. The van der Waals surface area contributed by atoms with E-state index in [1.807, 2.05) is 13.8 Å². The van der Waals surface area contributed by atoms with Gasteiger partial charge in [0, 0.05) is 18.4 Å². The third-order valence-electron chi connectivity index (χ3n) is 3.18. The monoisotopic (exact) mass is 331 g/mol. The lowest BCUT2D eigenvalue weighted by atomic mass is 10.1. The average molecular weight is 332 g/mol. The summed E-state index contributed by atoms with van der Waals surface area (Å²) < 4.78 is 1.56. The summed E-state index contributed by atoms with van der Waals surface area (Å²) in [6.45, 7) is 3.87. The van der Waals surface area contributed by atoms with Gasteiger partial charge < -0.3 is 10.4 Å². The summed E-state index contributed by atoms with van der Waals surface area (Å²) in [5.74, 6) is -1.03. The van der Waals surface area contributed by atoms with E-state index in [4.69, 9.17) is 11.6 Å². The standard InChI is InChI=1S/C15H14ClN5O2/c1-8(2)20-13-3-12(17-5-11(13)15(22)23)10-6-19-21-7-9(16)4-18-14(10)21/h3-8H,1-2H3,(H,17,20)(H,22,23). The number of aromatic carboxylic acids is 1. The van der Waals surface area contributed by atoms with E-state index < -0.39 is 5.97 Å². The quantitative estimate of drug-likeness (QED) is 0.763. The highest BCUT2D eigenvalue weighted by molar-refractivity contribution is 6.30. The lowest BCUT2D eigenvalue weighted by Gasteiger charge is -2.13. The topological polar surface area (TPSA) is 92.4 Å². The number of hydrogen-bond donors (Lipinski definition) is 2. The molecule has 8 heteroatoms. The fraction of sp³-hybridized carbons (Fsp3) is 0.200. The van der Waals surface area contributed by atoms with E-state index in [2.05, 4.69) is 20.4 Å². The Kier molecular flexibility index (Phi) is 3.87. The van der Waals surface area contributed by atoms with Crippen LogP contribution in [0, 0.1) is 0 Å². The largest absolute Gasteiger partial charge is 0.478 e. The predicted molar refractivity (Wildman–Crippen MR) is 86.9 cm³/mol. The first-order valence-electron chi connectivity index (χ1n) is 6.95. The average Bonchev–Trinajstić information content (AvgIpc) is 2.89. The third-order valence-corrected chi connectivity index (χ3v) is 3.37. The van der Waals surface area contributed by atoms with Crippen molar-refractivity contribution in [1.29, 1.82) is 0 Å². The van der Waals surface area contributed by atoms with Crippen LogP contribution in [0.25, 0.3) is 16.9 Å². The summed E-state index contributed by atoms with van der Waals surface area (Å²) >= 11 is 5.90. The number of carboxylic acids is 1. The zero-order valence-corrected chi connectivity index (χ0v) is 13.2. The molecule has 0 aromatic carbocycles. The van der Waals surface area contributed by atoms with E-state index in [1.165, 1.54) is 12.4 Å². The van der Waals surface area contributed by atoms with Gasteiger partial charge in [-0.25, -0.2) is 14.3 Å². The third kappa shape index (κ3) is 2.95. The second-order valence-electron chi connectivity index (χ2n) is 5.32. The van der Waals surface area contributed by atoms with Crippen LogP contribution in [0.2, 0.25) is 5.02 Å². The Morgan fingerprint density at radius 3 is 2.78 bits per heavy atom. The normalized spacial score (nSPS) is 11.1. The molecule has 0 atom stereocenters. The molecule has 0 aliphatic carbocycles. The van der Waals surface area contributed by atoms with Crippen molar-refractivity contribution < 1.29 is 9.90 Å². The minimum Gasteiger partial charge on any atom is -0.478 e. The molecular weight excluding hydrogens is 318 g/mol. The Labute approximate surface area is 137 Å². The maximum atomic E-state index is 11.3. The summed E-state index contributed by atoms with van der Waals surface area (Å²) in [6.07, 6.45) is 6.13. The van der Waals surface area contributed by atoms with Crippen molar-refractivity contribution in [3.05, 3.63) is 41.4 Å². The van der Waals surface area contributed by atoms with Crippen molar-refractivity contribution in [3.8, 4) is 11.3 Å². The molecule has 0 saturated heterocycles. The van der Waals surface area contributed by atoms with Crippen LogP contribution in [0.5, 0.6) is 0 Å². The highest BCUT2D eigenvalue weighted by atomic mass is 35.5. The number of nitrogens with one attached hydrogen (secondary N) is 1. The summed E-state index contributed by atoms with van der Waals surface area (Å²) in [5.41, 5.74) is 2.51. The van der Waals surface area contributed by atoms with Gasteiger partial charge in [-0.3, -0.25) is 4.98 Å². The maximum Gasteiger partial charge on any atom is 0.339 e. The summed E-state index contributed by atoms with van der Waals surface area (Å²) in [4.78, 5) is 19.8. The van der Waals surface area contributed by atoms with Crippen molar-refractivity contribution in [2.24, 2.45) is 0 Å². The van der Waals surface area contributed by atoms with Gasteiger partial charge >= 0.3 is 5.97 Å². The van der Waals surface area contributed by atoms with Crippen LogP contribution in [0.1, 0.15) is 24.2 Å². The lowest BCUT2D eigenvalue weighted by molar-refractivity contribution is 0.0697. The lowest BCUT2D eigenvalue weighted by Crippen LogP contribution is -2.14. The number of carboxylic acid groups (broad SMARTS) is 1. The van der Waals surface area contributed by atoms with Crippen LogP contribution < -0.4 is 5.32 Å². The van der Waals surface area contributed by atoms with Gasteiger partial charge in [0.25, 0.3) is 0 Å². The SMILES string of the molecule is CC(C)Nc1cc(-c2cnn3cc(Cl)cnc23)ncc1C(=O)O. The van der Waals surface area contributed by atoms with Gasteiger partial charge in [-0.1, -0.05) is 11.6 Å². The van der Waals surface area contributed by atoms with Crippen molar-refractivity contribution in [1.82, 2.24) is 19.6 Å². The van der Waals surface area contributed by atoms with Gasteiger partial charge in [0.15, 0.2) is 5.65 Å². The number of rotatable bonds is 4. The summed E-state index contributed by atoms with van der Waals surface area (Å²) in [7, 11) is 0. The van der Waals surface area contributed by atoms with E-state index in [0.29, 0.717) is 27.6 Å². The molecule has 3 heterocycles. The molecule has 23 heavy (non-hydrogen) atoms. The van der Waals surface area contributed by atoms with Crippen molar-refractivity contribution in [2.45, 2.75) is 19.9 Å². The zero-order chi connectivity index (χ0) is 16.6. The van der Waals surface area contributed by atoms with Gasteiger partial charge in [0.05, 0.1) is 34.4 Å². The molecular formula is C15H14ClN5O2. The summed E-state index contributed by atoms with van der Waals surface area (Å²) in [6, 6.07) is 1.78. The molecule has 0 saturated carbocycles. The number of pyridine rings is 1. The Bertz CT molecular complexity index is 891. The van der Waals surface area contributed by atoms with Crippen molar-refractivity contribution in [3.63, 3.8) is 0 Å². The van der Waals surface area contributed by atoms with E-state index in [9.17, 15) is 9.90 Å². The number of aromatic nitrogens is 4. The molecule has 0 radical (unpaired) electrons. The van der Waals surface area contributed by atoms with Gasteiger partial charge in [-0.05, 0) is 19.9 Å². The molecule has 0 amide bonds. The Morgan fingerprint density at radius 2 is 2.09 bits per heavy atom. The van der Waals surface area contributed by atoms with Crippen molar-refractivity contribution >= 4 is 28.9 Å². The van der Waals surface area contributed by atoms with E-state index in [0.717, 1.165) is 0 Å². The van der Waals surface area contributed by atoms with Gasteiger partial charge in [-0.15, -0.1) is 0 Å². The molecule has 0 aliphatic rings. The van der Waals surface area contributed by atoms with Crippen LogP contribution in [0.3, 0.4) is 0 Å². The Morgan fingerprint density at radius 1 is 1.30 bits per heavy atom. The second-order valence-corrected chi connectivity index (χ2v) is 5.75. The van der Waals surface area contributed by atoms with Crippen LogP contribution in [-0.2, 0) is 0 Å². The highest BCUT2D eigenvalue weighted by Crippen LogP contribution is 2.27. The number of anilines is 1. The van der Waals surface area contributed by atoms with E-state index in [1.54, 1.807) is 23.0 Å². The minimum absolute atomic E-state index is 0.0872. The first kappa shape index (κ1) is 15.2. The maximum absolute atomic E-state index is 11.3. The number of nitrogens with zero attached hydrogens (tertiary/aromatic N) is 4. The second kappa shape index (κ2) is 5.85. The first-order chi connectivity index (χ1) is 11.0. The van der Waals surface area contributed by atoms with Crippen molar-refractivity contribution in [2.75, 3.05) is 5.32 Å².